The number of anilines is 2. The van der Waals surface area contributed by atoms with Crippen molar-refractivity contribution in [1.29, 1.82) is 0 Å². The van der Waals surface area contributed by atoms with Crippen LogP contribution in [0, 0.1) is 0 Å². The first kappa shape index (κ1) is 12.5. The molecule has 0 bridgehead atoms. The van der Waals surface area contributed by atoms with Crippen LogP contribution in [0.1, 0.15) is 11.3 Å². The molecule has 0 atom stereocenters. The molecule has 1 aromatic heterocycles. The number of hydrogen-bond donors (Lipinski definition) is 2. The van der Waals surface area contributed by atoms with E-state index in [2.05, 4.69) is 24.9 Å². The molecule has 0 spiro atoms. The van der Waals surface area contributed by atoms with Crippen LogP contribution < -0.4 is 10.2 Å². The van der Waals surface area contributed by atoms with Crippen molar-refractivity contribution in [1.82, 2.24) is 9.97 Å². The smallest absolute Gasteiger partial charge is 0.411 e. The molecule has 3 rings (SSSR count). The van der Waals surface area contributed by atoms with E-state index in [0.29, 0.717) is 0 Å². The van der Waals surface area contributed by atoms with Gasteiger partial charge in [0.2, 0.25) is 0 Å². The molecule has 1 aliphatic rings. The molecule has 1 amide bonds. The number of imidazole rings is 1. The number of rotatable bonds is 3. The Hall–Kier alpha value is -2.50. The van der Waals surface area contributed by atoms with Gasteiger partial charge in [-0.3, -0.25) is 5.32 Å². The van der Waals surface area contributed by atoms with Gasteiger partial charge in [0, 0.05) is 24.1 Å². The molecule has 104 valence electrons. The molecule has 6 nitrogen and oxygen atoms in total. The van der Waals surface area contributed by atoms with Crippen molar-refractivity contribution < 1.29 is 9.53 Å². The summed E-state index contributed by atoms with van der Waals surface area (Å²) in [7, 11) is 1.35. The molecule has 1 aromatic carbocycles. The van der Waals surface area contributed by atoms with Gasteiger partial charge < -0.3 is 14.6 Å². The number of ether oxygens (including phenoxy) is 1. The SMILES string of the molecule is COC(=O)Nc1ccc2c(c1)N(Cc1cnc[nH]1)CC2. The summed E-state index contributed by atoms with van der Waals surface area (Å²) in [5.74, 6) is 0. The quantitative estimate of drug-likeness (QED) is 0.898. The Morgan fingerprint density at radius 2 is 2.45 bits per heavy atom. The summed E-state index contributed by atoms with van der Waals surface area (Å²) in [6.07, 6.45) is 4.07. The van der Waals surface area contributed by atoms with Gasteiger partial charge in [-0.25, -0.2) is 9.78 Å². The summed E-state index contributed by atoms with van der Waals surface area (Å²) >= 11 is 0. The number of nitrogens with zero attached hydrogens (tertiary/aromatic N) is 2. The number of benzene rings is 1. The molecule has 2 N–H and O–H groups in total. The van der Waals surface area contributed by atoms with E-state index < -0.39 is 6.09 Å². The minimum Gasteiger partial charge on any atom is -0.453 e. The van der Waals surface area contributed by atoms with E-state index in [0.717, 1.165) is 36.6 Å². The van der Waals surface area contributed by atoms with Crippen molar-refractivity contribution in [3.63, 3.8) is 0 Å². The average molecular weight is 272 g/mol. The summed E-state index contributed by atoms with van der Waals surface area (Å²) in [5.41, 5.74) is 4.25. The van der Waals surface area contributed by atoms with Crippen LogP contribution in [0.15, 0.2) is 30.7 Å². The number of H-pyrrole nitrogens is 1. The van der Waals surface area contributed by atoms with E-state index in [1.807, 2.05) is 24.4 Å². The Bertz CT molecular complexity index is 610. The number of fused-ring (bicyclic) bond motifs is 1. The molecule has 0 fully saturated rings. The van der Waals surface area contributed by atoms with Crippen molar-refractivity contribution in [2.75, 3.05) is 23.9 Å². The van der Waals surface area contributed by atoms with Gasteiger partial charge in [-0.1, -0.05) is 6.07 Å². The molecule has 2 heterocycles. The summed E-state index contributed by atoms with van der Waals surface area (Å²) in [6, 6.07) is 5.93. The highest BCUT2D eigenvalue weighted by Crippen LogP contribution is 2.31. The number of methoxy groups -OCH3 is 1. The van der Waals surface area contributed by atoms with Crippen LogP contribution in [0.3, 0.4) is 0 Å². The first-order chi connectivity index (χ1) is 9.76. The van der Waals surface area contributed by atoms with Crippen LogP contribution in [-0.2, 0) is 17.7 Å². The highest BCUT2D eigenvalue weighted by molar-refractivity contribution is 5.85. The topological polar surface area (TPSA) is 70.2 Å². The molecule has 0 radical (unpaired) electrons. The second kappa shape index (κ2) is 5.24. The van der Waals surface area contributed by atoms with Crippen LogP contribution in [0.5, 0.6) is 0 Å². The van der Waals surface area contributed by atoms with Crippen molar-refractivity contribution in [2.24, 2.45) is 0 Å². The van der Waals surface area contributed by atoms with Gasteiger partial charge in [0.1, 0.15) is 0 Å². The van der Waals surface area contributed by atoms with E-state index in [1.54, 1.807) is 6.33 Å². The highest BCUT2D eigenvalue weighted by Gasteiger charge is 2.20. The molecular weight excluding hydrogens is 256 g/mol. The molecule has 0 saturated heterocycles. The monoisotopic (exact) mass is 272 g/mol. The molecule has 0 aliphatic carbocycles. The minimum absolute atomic E-state index is 0.455. The Morgan fingerprint density at radius 3 is 3.20 bits per heavy atom. The molecule has 1 aliphatic heterocycles. The van der Waals surface area contributed by atoms with Gasteiger partial charge in [0.15, 0.2) is 0 Å². The first-order valence-corrected chi connectivity index (χ1v) is 6.46. The molecule has 0 saturated carbocycles. The van der Waals surface area contributed by atoms with Gasteiger partial charge in [0.25, 0.3) is 0 Å². The third kappa shape index (κ3) is 2.45. The zero-order valence-corrected chi connectivity index (χ0v) is 11.2. The summed E-state index contributed by atoms with van der Waals surface area (Å²) in [4.78, 5) is 20.7. The normalized spacial score (nSPS) is 13.2. The van der Waals surface area contributed by atoms with Gasteiger partial charge in [-0.05, 0) is 24.1 Å². The Kier molecular flexibility index (Phi) is 3.28. The molecule has 0 unspecified atom stereocenters. The Balaban J connectivity index is 1.80. The van der Waals surface area contributed by atoms with Gasteiger partial charge in [0.05, 0.1) is 25.7 Å². The van der Waals surface area contributed by atoms with E-state index in [4.69, 9.17) is 0 Å². The van der Waals surface area contributed by atoms with Crippen LogP contribution in [0.4, 0.5) is 16.2 Å². The van der Waals surface area contributed by atoms with E-state index in [1.165, 1.54) is 12.7 Å². The lowest BCUT2D eigenvalue weighted by Gasteiger charge is -2.19. The third-order valence-electron chi connectivity index (χ3n) is 3.42. The lowest BCUT2D eigenvalue weighted by molar-refractivity contribution is 0.187. The van der Waals surface area contributed by atoms with Crippen LogP contribution in [0.2, 0.25) is 0 Å². The molecule has 20 heavy (non-hydrogen) atoms. The fourth-order valence-corrected chi connectivity index (χ4v) is 2.43. The van der Waals surface area contributed by atoms with Crippen molar-refractivity contribution in [3.05, 3.63) is 42.0 Å². The molecular formula is C14H16N4O2. The van der Waals surface area contributed by atoms with Gasteiger partial charge in [-0.15, -0.1) is 0 Å². The second-order valence-electron chi connectivity index (χ2n) is 4.71. The predicted molar refractivity (Wildman–Crippen MR) is 75.8 cm³/mol. The minimum atomic E-state index is -0.455. The zero-order chi connectivity index (χ0) is 13.9. The maximum Gasteiger partial charge on any atom is 0.411 e. The predicted octanol–water partition coefficient (Wildman–Crippen LogP) is 2.15. The maximum atomic E-state index is 11.3. The molecule has 2 aromatic rings. The fourth-order valence-electron chi connectivity index (χ4n) is 2.43. The molecule has 6 heteroatoms. The first-order valence-electron chi connectivity index (χ1n) is 6.46. The number of aromatic amines is 1. The zero-order valence-electron chi connectivity index (χ0n) is 11.2. The number of aromatic nitrogens is 2. The highest BCUT2D eigenvalue weighted by atomic mass is 16.5. The summed E-state index contributed by atoms with van der Waals surface area (Å²) in [6.45, 7) is 1.75. The fraction of sp³-hybridized carbons (Fsp3) is 0.286. The summed E-state index contributed by atoms with van der Waals surface area (Å²) in [5, 5.41) is 2.69. The lowest BCUT2D eigenvalue weighted by atomic mass is 10.1. The third-order valence-corrected chi connectivity index (χ3v) is 3.42. The van der Waals surface area contributed by atoms with Crippen molar-refractivity contribution in [2.45, 2.75) is 13.0 Å². The largest absolute Gasteiger partial charge is 0.453 e. The number of carbonyl (C=O) groups is 1. The van der Waals surface area contributed by atoms with E-state index in [-0.39, 0.29) is 0 Å². The van der Waals surface area contributed by atoms with Crippen LogP contribution in [-0.4, -0.2) is 29.7 Å². The van der Waals surface area contributed by atoms with Crippen LogP contribution in [0.25, 0.3) is 0 Å². The lowest BCUT2D eigenvalue weighted by Crippen LogP contribution is -2.20. The number of carbonyl (C=O) groups excluding carboxylic acids is 1. The maximum absolute atomic E-state index is 11.3. The van der Waals surface area contributed by atoms with Crippen LogP contribution >= 0.6 is 0 Å². The average Bonchev–Trinajstić information content (AvgIpc) is 3.10. The van der Waals surface area contributed by atoms with Gasteiger partial charge in [-0.2, -0.15) is 0 Å². The Morgan fingerprint density at radius 1 is 1.55 bits per heavy atom. The Labute approximate surface area is 116 Å². The summed E-state index contributed by atoms with van der Waals surface area (Å²) < 4.78 is 4.61. The van der Waals surface area contributed by atoms with Gasteiger partial charge >= 0.3 is 6.09 Å². The number of amides is 1. The van der Waals surface area contributed by atoms with E-state index in [9.17, 15) is 4.79 Å². The van der Waals surface area contributed by atoms with E-state index >= 15 is 0 Å². The van der Waals surface area contributed by atoms with Crippen molar-refractivity contribution >= 4 is 17.5 Å². The number of nitrogens with one attached hydrogen (secondary N) is 2. The standard InChI is InChI=1S/C14H16N4O2/c1-20-14(19)17-11-3-2-10-4-5-18(13(10)6-11)8-12-7-15-9-16-12/h2-3,6-7,9H,4-5,8H2,1H3,(H,15,16)(H,17,19). The number of hydrogen-bond acceptors (Lipinski definition) is 4. The second-order valence-corrected chi connectivity index (χ2v) is 4.71. The van der Waals surface area contributed by atoms with Crippen molar-refractivity contribution in [3.8, 4) is 0 Å².